The molecule has 6 heteroatoms. The van der Waals surface area contributed by atoms with Gasteiger partial charge in [0.25, 0.3) is 11.8 Å². The van der Waals surface area contributed by atoms with Gasteiger partial charge in [-0.3, -0.25) is 4.79 Å². The molecule has 0 aromatic heterocycles. The molecule has 20 heavy (non-hydrogen) atoms. The highest BCUT2D eigenvalue weighted by molar-refractivity contribution is 9.10. The van der Waals surface area contributed by atoms with Crippen LogP contribution in [-0.4, -0.2) is 24.5 Å². The average Bonchev–Trinajstić information content (AvgIpc) is 2.34. The monoisotopic (exact) mass is 347 g/mol. The number of rotatable bonds is 5. The van der Waals surface area contributed by atoms with Gasteiger partial charge in [-0.2, -0.15) is 0 Å². The zero-order valence-electron chi connectivity index (χ0n) is 11.1. The van der Waals surface area contributed by atoms with Crippen molar-refractivity contribution in [1.82, 2.24) is 5.32 Å². The molecule has 1 aliphatic rings. The first-order chi connectivity index (χ1) is 9.41. The number of hydrogen-bond donors (Lipinski definition) is 1. The van der Waals surface area contributed by atoms with E-state index in [1.165, 1.54) is 0 Å². The van der Waals surface area contributed by atoms with E-state index in [0.29, 0.717) is 17.9 Å². The van der Waals surface area contributed by atoms with Gasteiger partial charge in [0.05, 0.1) is 12.2 Å². The number of hydrogen-bond acceptors (Lipinski definition) is 2. The summed E-state index contributed by atoms with van der Waals surface area (Å²) in [6.45, 7) is 2.46. The molecule has 0 radical (unpaired) electrons. The number of alkyl halides is 2. The SMILES string of the molecule is CCCOc1cc(Br)ccc1C(=O)NC1CC(F)(F)C1. The lowest BCUT2D eigenvalue weighted by Gasteiger charge is -2.35. The third kappa shape index (κ3) is 3.69. The van der Waals surface area contributed by atoms with Crippen molar-refractivity contribution in [2.24, 2.45) is 0 Å². The van der Waals surface area contributed by atoms with Crippen molar-refractivity contribution in [1.29, 1.82) is 0 Å². The molecular formula is C14H16BrF2NO2. The molecule has 1 amide bonds. The van der Waals surface area contributed by atoms with E-state index in [4.69, 9.17) is 4.74 Å². The molecule has 0 saturated heterocycles. The molecule has 2 rings (SSSR count). The van der Waals surface area contributed by atoms with Crippen LogP contribution in [-0.2, 0) is 0 Å². The van der Waals surface area contributed by atoms with E-state index < -0.39 is 12.0 Å². The van der Waals surface area contributed by atoms with Crippen molar-refractivity contribution in [3.05, 3.63) is 28.2 Å². The summed E-state index contributed by atoms with van der Waals surface area (Å²) < 4.78 is 31.8. The maximum Gasteiger partial charge on any atom is 0.255 e. The van der Waals surface area contributed by atoms with Crippen LogP contribution in [0.15, 0.2) is 22.7 Å². The first-order valence-corrected chi connectivity index (χ1v) is 7.31. The van der Waals surface area contributed by atoms with Crippen LogP contribution in [0, 0.1) is 0 Å². The van der Waals surface area contributed by atoms with E-state index in [0.717, 1.165) is 10.9 Å². The van der Waals surface area contributed by atoms with Gasteiger partial charge in [0, 0.05) is 23.4 Å². The topological polar surface area (TPSA) is 38.3 Å². The molecule has 1 N–H and O–H groups in total. The van der Waals surface area contributed by atoms with E-state index in [1.807, 2.05) is 6.92 Å². The molecule has 0 spiro atoms. The van der Waals surface area contributed by atoms with Crippen molar-refractivity contribution in [3.8, 4) is 5.75 Å². The summed E-state index contributed by atoms with van der Waals surface area (Å²) in [5.41, 5.74) is 0.372. The zero-order valence-corrected chi connectivity index (χ0v) is 12.7. The van der Waals surface area contributed by atoms with Gasteiger partial charge in [0.2, 0.25) is 0 Å². The highest BCUT2D eigenvalue weighted by atomic mass is 79.9. The van der Waals surface area contributed by atoms with Gasteiger partial charge >= 0.3 is 0 Å². The minimum absolute atomic E-state index is 0.291. The lowest BCUT2D eigenvalue weighted by atomic mass is 9.88. The van der Waals surface area contributed by atoms with Crippen LogP contribution in [0.3, 0.4) is 0 Å². The molecule has 0 bridgehead atoms. The third-order valence-corrected chi connectivity index (χ3v) is 3.57. The summed E-state index contributed by atoms with van der Waals surface area (Å²) in [5, 5.41) is 2.61. The van der Waals surface area contributed by atoms with Gasteiger partial charge < -0.3 is 10.1 Å². The Bertz CT molecular complexity index is 500. The smallest absolute Gasteiger partial charge is 0.255 e. The summed E-state index contributed by atoms with van der Waals surface area (Å²) >= 11 is 3.32. The van der Waals surface area contributed by atoms with Crippen molar-refractivity contribution >= 4 is 21.8 Å². The average molecular weight is 348 g/mol. The number of ether oxygens (including phenoxy) is 1. The van der Waals surface area contributed by atoms with Gasteiger partial charge in [-0.25, -0.2) is 8.78 Å². The molecule has 0 aliphatic heterocycles. The molecule has 0 heterocycles. The summed E-state index contributed by atoms with van der Waals surface area (Å²) in [4.78, 5) is 12.1. The maximum atomic E-state index is 12.8. The Kier molecular flexibility index (Phi) is 4.62. The summed E-state index contributed by atoms with van der Waals surface area (Å²) in [6.07, 6.45) is 0.239. The Morgan fingerprint density at radius 2 is 2.20 bits per heavy atom. The molecule has 1 aliphatic carbocycles. The van der Waals surface area contributed by atoms with Crippen LogP contribution in [0.25, 0.3) is 0 Å². The Morgan fingerprint density at radius 3 is 2.80 bits per heavy atom. The number of carbonyl (C=O) groups is 1. The fourth-order valence-corrected chi connectivity index (χ4v) is 2.38. The van der Waals surface area contributed by atoms with Gasteiger partial charge in [-0.15, -0.1) is 0 Å². The molecule has 1 saturated carbocycles. The van der Waals surface area contributed by atoms with E-state index >= 15 is 0 Å². The molecule has 0 unspecified atom stereocenters. The molecule has 110 valence electrons. The summed E-state index contributed by atoms with van der Waals surface area (Å²) in [7, 11) is 0. The van der Waals surface area contributed by atoms with E-state index in [1.54, 1.807) is 18.2 Å². The zero-order chi connectivity index (χ0) is 14.8. The number of nitrogens with one attached hydrogen (secondary N) is 1. The Hall–Kier alpha value is -1.17. The van der Waals surface area contributed by atoms with Gasteiger partial charge in [-0.05, 0) is 24.6 Å². The van der Waals surface area contributed by atoms with E-state index in [2.05, 4.69) is 21.2 Å². The number of amides is 1. The Balaban J connectivity index is 2.05. The first kappa shape index (κ1) is 15.2. The molecule has 1 aromatic carbocycles. The second-order valence-electron chi connectivity index (χ2n) is 4.92. The summed E-state index contributed by atoms with van der Waals surface area (Å²) in [6, 6.07) is 4.60. The highest BCUT2D eigenvalue weighted by Gasteiger charge is 2.46. The predicted octanol–water partition coefficient (Wildman–Crippen LogP) is 3.77. The second kappa shape index (κ2) is 6.08. The van der Waals surface area contributed by atoms with Gasteiger partial charge in [0.1, 0.15) is 5.75 Å². The number of benzene rings is 1. The standard InChI is InChI=1S/C14H16BrF2NO2/c1-2-5-20-12-6-9(15)3-4-11(12)13(19)18-10-7-14(16,17)8-10/h3-4,6,10H,2,5,7-8H2,1H3,(H,18,19). The van der Waals surface area contributed by atoms with Crippen molar-refractivity contribution in [2.75, 3.05) is 6.61 Å². The lowest BCUT2D eigenvalue weighted by Crippen LogP contribution is -2.50. The molecule has 3 nitrogen and oxygen atoms in total. The number of halogens is 3. The van der Waals surface area contributed by atoms with Crippen LogP contribution in [0.5, 0.6) is 5.75 Å². The van der Waals surface area contributed by atoms with Crippen LogP contribution in [0.1, 0.15) is 36.5 Å². The molecule has 0 atom stereocenters. The third-order valence-electron chi connectivity index (χ3n) is 3.08. The van der Waals surface area contributed by atoms with Gasteiger partial charge in [0.15, 0.2) is 0 Å². The minimum Gasteiger partial charge on any atom is -0.493 e. The minimum atomic E-state index is -2.64. The van der Waals surface area contributed by atoms with Crippen molar-refractivity contribution in [3.63, 3.8) is 0 Å². The second-order valence-corrected chi connectivity index (χ2v) is 5.84. The maximum absolute atomic E-state index is 12.8. The fourth-order valence-electron chi connectivity index (χ4n) is 2.04. The van der Waals surface area contributed by atoms with Crippen molar-refractivity contribution < 1.29 is 18.3 Å². The molecule has 1 fully saturated rings. The largest absolute Gasteiger partial charge is 0.493 e. The predicted molar refractivity (Wildman–Crippen MR) is 75.4 cm³/mol. The molecule has 1 aromatic rings. The van der Waals surface area contributed by atoms with Crippen LogP contribution in [0.4, 0.5) is 8.78 Å². The summed E-state index contributed by atoms with van der Waals surface area (Å²) in [5.74, 6) is -2.55. The first-order valence-electron chi connectivity index (χ1n) is 6.52. The van der Waals surface area contributed by atoms with Crippen LogP contribution >= 0.6 is 15.9 Å². The van der Waals surface area contributed by atoms with Crippen molar-refractivity contribution in [2.45, 2.75) is 38.2 Å². The highest BCUT2D eigenvalue weighted by Crippen LogP contribution is 2.37. The quantitative estimate of drug-likeness (QED) is 0.880. The normalized spacial score (nSPS) is 17.4. The molecular weight excluding hydrogens is 332 g/mol. The Morgan fingerprint density at radius 1 is 1.50 bits per heavy atom. The number of carbonyl (C=O) groups excluding carboxylic acids is 1. The fraction of sp³-hybridized carbons (Fsp3) is 0.500. The van der Waals surface area contributed by atoms with Gasteiger partial charge in [-0.1, -0.05) is 22.9 Å². The van der Waals surface area contributed by atoms with E-state index in [9.17, 15) is 13.6 Å². The Labute approximate surface area is 124 Å². The van der Waals surface area contributed by atoms with Crippen LogP contribution in [0.2, 0.25) is 0 Å². The van der Waals surface area contributed by atoms with E-state index in [-0.39, 0.29) is 18.7 Å². The van der Waals surface area contributed by atoms with Crippen LogP contribution < -0.4 is 10.1 Å². The lowest BCUT2D eigenvalue weighted by molar-refractivity contribution is -0.0901.